The number of imidazole rings is 1. The molecule has 1 aromatic heterocycles. The number of benzene rings is 2. The minimum absolute atomic E-state index is 0.173. The number of aliphatic hydroxyl groups is 2. The third-order valence-electron chi connectivity index (χ3n) is 4.44. The van der Waals surface area contributed by atoms with Crippen molar-refractivity contribution in [3.8, 4) is 5.75 Å². The molecule has 3 rings (SSSR count). The van der Waals surface area contributed by atoms with Crippen LogP contribution in [0.25, 0.3) is 11.0 Å². The number of fused-ring (bicyclic) bond motifs is 1. The van der Waals surface area contributed by atoms with Crippen molar-refractivity contribution in [1.29, 1.82) is 0 Å². The zero-order valence-corrected chi connectivity index (χ0v) is 15.5. The summed E-state index contributed by atoms with van der Waals surface area (Å²) in [5.74, 6) is 1.76. The van der Waals surface area contributed by atoms with Crippen molar-refractivity contribution in [2.75, 3.05) is 6.61 Å². The maximum Gasteiger partial charge on any atom is 0.138 e. The number of hydrogen-bond acceptors (Lipinski definition) is 4. The van der Waals surface area contributed by atoms with Gasteiger partial charge in [0.15, 0.2) is 0 Å². The fourth-order valence-corrected chi connectivity index (χ4v) is 3.01. The molecule has 0 aliphatic carbocycles. The molecule has 0 amide bonds. The van der Waals surface area contributed by atoms with Crippen LogP contribution in [0.3, 0.4) is 0 Å². The van der Waals surface area contributed by atoms with Gasteiger partial charge in [0, 0.05) is 0 Å². The lowest BCUT2D eigenvalue weighted by Gasteiger charge is -2.17. The highest BCUT2D eigenvalue weighted by Crippen LogP contribution is 2.22. The molecule has 0 fully saturated rings. The van der Waals surface area contributed by atoms with Crippen LogP contribution in [0.15, 0.2) is 48.5 Å². The van der Waals surface area contributed by atoms with E-state index in [-0.39, 0.29) is 6.61 Å². The van der Waals surface area contributed by atoms with E-state index in [1.54, 1.807) is 6.92 Å². The largest absolute Gasteiger partial charge is 0.491 e. The standard InChI is InChI=1S/C21H26N2O3/c1-14(2)16-8-10-18(11-9-16)26-13-17(25)12-23-20-7-5-4-6-19(20)22-21(23)15(3)24/h4-11,14-15,17,24-25H,12-13H2,1-3H3. The van der Waals surface area contributed by atoms with Gasteiger partial charge in [-0.1, -0.05) is 38.1 Å². The molecule has 0 bridgehead atoms. The van der Waals surface area contributed by atoms with Gasteiger partial charge < -0.3 is 19.5 Å². The Hall–Kier alpha value is -2.37. The highest BCUT2D eigenvalue weighted by atomic mass is 16.5. The summed E-state index contributed by atoms with van der Waals surface area (Å²) in [6, 6.07) is 15.6. The molecule has 2 aromatic carbocycles. The molecule has 1 heterocycles. The van der Waals surface area contributed by atoms with E-state index in [4.69, 9.17) is 4.74 Å². The van der Waals surface area contributed by atoms with Crippen molar-refractivity contribution in [2.24, 2.45) is 0 Å². The maximum atomic E-state index is 10.4. The van der Waals surface area contributed by atoms with E-state index in [0.29, 0.717) is 18.3 Å². The normalized spacial score (nSPS) is 13.9. The summed E-state index contributed by atoms with van der Waals surface area (Å²) in [6.07, 6.45) is -1.42. The number of ether oxygens (including phenoxy) is 1. The van der Waals surface area contributed by atoms with Crippen LogP contribution >= 0.6 is 0 Å². The van der Waals surface area contributed by atoms with Crippen LogP contribution in [0.2, 0.25) is 0 Å². The van der Waals surface area contributed by atoms with E-state index in [0.717, 1.165) is 16.8 Å². The zero-order valence-electron chi connectivity index (χ0n) is 15.5. The summed E-state index contributed by atoms with van der Waals surface area (Å²) < 4.78 is 7.57. The van der Waals surface area contributed by atoms with E-state index in [1.807, 2.05) is 53.1 Å². The average Bonchev–Trinajstić information content (AvgIpc) is 2.99. The summed E-state index contributed by atoms with van der Waals surface area (Å²) in [6.45, 7) is 6.46. The number of aliphatic hydroxyl groups excluding tert-OH is 2. The van der Waals surface area contributed by atoms with Gasteiger partial charge in [-0.15, -0.1) is 0 Å². The lowest BCUT2D eigenvalue weighted by molar-refractivity contribution is 0.0895. The predicted octanol–water partition coefficient (Wildman–Crippen LogP) is 3.65. The van der Waals surface area contributed by atoms with Crippen molar-refractivity contribution in [3.05, 3.63) is 59.9 Å². The van der Waals surface area contributed by atoms with E-state index in [2.05, 4.69) is 18.8 Å². The van der Waals surface area contributed by atoms with Crippen molar-refractivity contribution in [2.45, 2.75) is 45.4 Å². The molecule has 2 N–H and O–H groups in total. The summed E-state index contributed by atoms with van der Waals surface area (Å²) in [7, 11) is 0. The van der Waals surface area contributed by atoms with Crippen LogP contribution in [0, 0.1) is 0 Å². The molecule has 2 unspecified atom stereocenters. The van der Waals surface area contributed by atoms with Crippen molar-refractivity contribution >= 4 is 11.0 Å². The molecule has 3 aromatic rings. The Balaban J connectivity index is 1.69. The number of para-hydroxylation sites is 2. The van der Waals surface area contributed by atoms with Crippen LogP contribution in [-0.4, -0.2) is 32.5 Å². The van der Waals surface area contributed by atoms with Crippen molar-refractivity contribution < 1.29 is 14.9 Å². The summed E-state index contributed by atoms with van der Waals surface area (Å²) in [5.41, 5.74) is 2.95. The van der Waals surface area contributed by atoms with Crippen LogP contribution in [-0.2, 0) is 6.54 Å². The van der Waals surface area contributed by atoms with Crippen molar-refractivity contribution in [1.82, 2.24) is 9.55 Å². The van der Waals surface area contributed by atoms with Crippen molar-refractivity contribution in [3.63, 3.8) is 0 Å². The monoisotopic (exact) mass is 354 g/mol. The van der Waals surface area contributed by atoms with Gasteiger partial charge in [0.05, 0.1) is 17.6 Å². The van der Waals surface area contributed by atoms with E-state index in [1.165, 1.54) is 5.56 Å². The number of aromatic nitrogens is 2. The summed E-state index contributed by atoms with van der Waals surface area (Å²) in [4.78, 5) is 4.47. The Labute approximate surface area is 153 Å². The summed E-state index contributed by atoms with van der Waals surface area (Å²) in [5, 5.41) is 20.4. The third-order valence-corrected chi connectivity index (χ3v) is 4.44. The molecular formula is C21H26N2O3. The molecule has 0 spiro atoms. The molecule has 0 aliphatic rings. The van der Waals surface area contributed by atoms with Gasteiger partial charge >= 0.3 is 0 Å². The second-order valence-corrected chi connectivity index (χ2v) is 6.93. The quantitative estimate of drug-likeness (QED) is 0.680. The molecule has 0 saturated heterocycles. The smallest absolute Gasteiger partial charge is 0.138 e. The van der Waals surface area contributed by atoms with Crippen LogP contribution in [0.1, 0.15) is 44.2 Å². The first-order chi connectivity index (χ1) is 12.5. The molecule has 138 valence electrons. The fraction of sp³-hybridized carbons (Fsp3) is 0.381. The minimum Gasteiger partial charge on any atom is -0.491 e. The Bertz CT molecular complexity index is 853. The summed E-state index contributed by atoms with van der Waals surface area (Å²) >= 11 is 0. The Morgan fingerprint density at radius 1 is 1.00 bits per heavy atom. The molecule has 0 aliphatic heterocycles. The molecule has 5 heteroatoms. The predicted molar refractivity (Wildman–Crippen MR) is 102 cm³/mol. The van der Waals surface area contributed by atoms with Crippen LogP contribution in [0.4, 0.5) is 0 Å². The lowest BCUT2D eigenvalue weighted by atomic mass is 10.0. The first-order valence-corrected chi connectivity index (χ1v) is 8.99. The average molecular weight is 354 g/mol. The minimum atomic E-state index is -0.713. The van der Waals surface area contributed by atoms with Crippen LogP contribution in [0.5, 0.6) is 5.75 Å². The van der Waals surface area contributed by atoms with Gasteiger partial charge in [-0.25, -0.2) is 4.98 Å². The SMILES string of the molecule is CC(C)c1ccc(OCC(O)Cn2c(C(C)O)nc3ccccc32)cc1. The Morgan fingerprint density at radius 3 is 2.35 bits per heavy atom. The van der Waals surface area contributed by atoms with Gasteiger partial charge in [0.25, 0.3) is 0 Å². The molecule has 0 radical (unpaired) electrons. The van der Waals surface area contributed by atoms with E-state index < -0.39 is 12.2 Å². The molecule has 0 saturated carbocycles. The Morgan fingerprint density at radius 2 is 1.69 bits per heavy atom. The number of hydrogen-bond donors (Lipinski definition) is 2. The second-order valence-electron chi connectivity index (χ2n) is 6.93. The topological polar surface area (TPSA) is 67.5 Å². The fourth-order valence-electron chi connectivity index (χ4n) is 3.01. The van der Waals surface area contributed by atoms with Gasteiger partial charge in [0.1, 0.15) is 30.4 Å². The first kappa shape index (κ1) is 18.4. The third kappa shape index (κ3) is 4.06. The number of nitrogens with zero attached hydrogens (tertiary/aromatic N) is 2. The lowest BCUT2D eigenvalue weighted by Crippen LogP contribution is -2.25. The van der Waals surface area contributed by atoms with Gasteiger partial charge in [-0.05, 0) is 42.7 Å². The van der Waals surface area contributed by atoms with E-state index >= 15 is 0 Å². The van der Waals surface area contributed by atoms with Gasteiger partial charge in [-0.2, -0.15) is 0 Å². The zero-order chi connectivity index (χ0) is 18.7. The van der Waals surface area contributed by atoms with Crippen LogP contribution < -0.4 is 4.74 Å². The molecule has 26 heavy (non-hydrogen) atoms. The number of rotatable bonds is 7. The molecular weight excluding hydrogens is 328 g/mol. The second kappa shape index (κ2) is 7.89. The van der Waals surface area contributed by atoms with E-state index in [9.17, 15) is 10.2 Å². The highest BCUT2D eigenvalue weighted by Gasteiger charge is 2.17. The highest BCUT2D eigenvalue weighted by molar-refractivity contribution is 5.76. The maximum absolute atomic E-state index is 10.4. The molecule has 5 nitrogen and oxygen atoms in total. The van der Waals surface area contributed by atoms with Gasteiger partial charge in [-0.3, -0.25) is 0 Å². The first-order valence-electron chi connectivity index (χ1n) is 8.99. The Kier molecular flexibility index (Phi) is 5.59. The van der Waals surface area contributed by atoms with Gasteiger partial charge in [0.2, 0.25) is 0 Å². The molecule has 2 atom stereocenters.